The van der Waals surface area contributed by atoms with Crippen molar-refractivity contribution < 1.29 is 14.6 Å². The number of hydrogen-bond acceptors (Lipinski definition) is 5. The topological polar surface area (TPSA) is 54.0 Å². The van der Waals surface area contributed by atoms with Crippen LogP contribution in [0.1, 0.15) is 12.5 Å². The van der Waals surface area contributed by atoms with Gasteiger partial charge in [0.2, 0.25) is 0 Å². The minimum absolute atomic E-state index is 0.556. The Morgan fingerprint density at radius 3 is 2.83 bits per heavy atom. The van der Waals surface area contributed by atoms with Gasteiger partial charge < -0.3 is 19.9 Å². The fraction of sp³-hybridized carbons (Fsp3) is 0.556. The standard InChI is InChI=1S/C18H28N2O3/c1-18(21,15-20-10-12-23-13-11-20)14-19-9-5-7-16-6-3-4-8-17(16)22-2/h3-8,19,21H,9-15H2,1-2H3. The molecule has 1 aliphatic heterocycles. The first-order valence-electron chi connectivity index (χ1n) is 8.13. The predicted molar refractivity (Wildman–Crippen MR) is 92.8 cm³/mol. The van der Waals surface area contributed by atoms with Crippen molar-refractivity contribution in [2.45, 2.75) is 12.5 Å². The molecule has 0 radical (unpaired) electrons. The molecule has 0 saturated carbocycles. The Labute approximate surface area is 138 Å². The van der Waals surface area contributed by atoms with Gasteiger partial charge in [-0.05, 0) is 13.0 Å². The van der Waals surface area contributed by atoms with E-state index < -0.39 is 5.60 Å². The quantitative estimate of drug-likeness (QED) is 0.709. The Morgan fingerprint density at radius 2 is 2.09 bits per heavy atom. The molecule has 1 atom stereocenters. The van der Waals surface area contributed by atoms with Crippen molar-refractivity contribution in [2.75, 3.05) is 53.0 Å². The first-order valence-corrected chi connectivity index (χ1v) is 8.13. The predicted octanol–water partition coefficient (Wildman–Crippen LogP) is 1.38. The van der Waals surface area contributed by atoms with Gasteiger partial charge in [-0.2, -0.15) is 0 Å². The number of aliphatic hydroxyl groups is 1. The maximum atomic E-state index is 10.5. The third kappa shape index (κ3) is 6.31. The molecule has 1 aromatic rings. The summed E-state index contributed by atoms with van der Waals surface area (Å²) < 4.78 is 10.6. The lowest BCUT2D eigenvalue weighted by molar-refractivity contribution is -0.0214. The normalized spacial score (nSPS) is 18.9. The van der Waals surface area contributed by atoms with E-state index in [0.29, 0.717) is 19.6 Å². The summed E-state index contributed by atoms with van der Waals surface area (Å²) in [5.41, 5.74) is 0.312. The molecule has 2 rings (SSSR count). The summed E-state index contributed by atoms with van der Waals surface area (Å²) in [7, 11) is 1.67. The maximum Gasteiger partial charge on any atom is 0.126 e. The molecule has 1 unspecified atom stereocenters. The summed E-state index contributed by atoms with van der Waals surface area (Å²) in [6.45, 7) is 7.10. The first kappa shape index (κ1) is 17.9. The molecule has 0 aliphatic carbocycles. The van der Waals surface area contributed by atoms with Crippen LogP contribution >= 0.6 is 0 Å². The van der Waals surface area contributed by atoms with Crippen molar-refractivity contribution in [1.82, 2.24) is 10.2 Å². The number of β-amino-alcohol motifs (C(OH)–C–C–N with tert-alkyl or cyclic N) is 1. The minimum atomic E-state index is -0.740. The van der Waals surface area contributed by atoms with E-state index in [9.17, 15) is 5.11 Å². The van der Waals surface area contributed by atoms with Gasteiger partial charge in [0.15, 0.2) is 0 Å². The Morgan fingerprint density at radius 1 is 1.35 bits per heavy atom. The van der Waals surface area contributed by atoms with Crippen LogP contribution < -0.4 is 10.1 Å². The zero-order valence-corrected chi connectivity index (χ0v) is 14.1. The second kappa shape index (κ2) is 9.03. The van der Waals surface area contributed by atoms with E-state index in [0.717, 1.165) is 37.6 Å². The largest absolute Gasteiger partial charge is 0.496 e. The van der Waals surface area contributed by atoms with Crippen LogP contribution in [-0.2, 0) is 4.74 Å². The summed E-state index contributed by atoms with van der Waals surface area (Å²) in [5, 5.41) is 13.8. The highest BCUT2D eigenvalue weighted by molar-refractivity contribution is 5.57. The van der Waals surface area contributed by atoms with Crippen LogP contribution in [-0.4, -0.2) is 68.7 Å². The number of ether oxygens (including phenoxy) is 2. The summed E-state index contributed by atoms with van der Waals surface area (Å²) in [5.74, 6) is 0.864. The first-order chi connectivity index (χ1) is 11.1. The van der Waals surface area contributed by atoms with Gasteiger partial charge in [-0.1, -0.05) is 30.4 Å². The van der Waals surface area contributed by atoms with E-state index in [1.54, 1.807) is 7.11 Å². The monoisotopic (exact) mass is 320 g/mol. The van der Waals surface area contributed by atoms with Crippen molar-refractivity contribution in [2.24, 2.45) is 0 Å². The van der Waals surface area contributed by atoms with Crippen LogP contribution in [0.25, 0.3) is 6.08 Å². The lowest BCUT2D eigenvalue weighted by atomic mass is 10.1. The maximum absolute atomic E-state index is 10.5. The minimum Gasteiger partial charge on any atom is -0.496 e. The number of methoxy groups -OCH3 is 1. The number of rotatable bonds is 8. The molecule has 2 N–H and O–H groups in total. The summed E-state index contributed by atoms with van der Waals surface area (Å²) in [6, 6.07) is 7.91. The summed E-state index contributed by atoms with van der Waals surface area (Å²) in [6.07, 6.45) is 4.07. The second-order valence-corrected chi connectivity index (χ2v) is 6.16. The second-order valence-electron chi connectivity index (χ2n) is 6.16. The van der Waals surface area contributed by atoms with Gasteiger partial charge in [0.1, 0.15) is 5.75 Å². The average Bonchev–Trinajstić information content (AvgIpc) is 2.55. The highest BCUT2D eigenvalue weighted by Gasteiger charge is 2.24. The number of morpholine rings is 1. The highest BCUT2D eigenvalue weighted by atomic mass is 16.5. The molecular weight excluding hydrogens is 292 g/mol. The van der Waals surface area contributed by atoms with E-state index in [4.69, 9.17) is 9.47 Å². The van der Waals surface area contributed by atoms with E-state index in [2.05, 4.69) is 10.2 Å². The average molecular weight is 320 g/mol. The van der Waals surface area contributed by atoms with Gasteiger partial charge in [-0.3, -0.25) is 4.90 Å². The van der Waals surface area contributed by atoms with Crippen LogP contribution in [0.4, 0.5) is 0 Å². The van der Waals surface area contributed by atoms with E-state index in [1.807, 2.05) is 43.3 Å². The Bertz CT molecular complexity index is 497. The number of nitrogens with zero attached hydrogens (tertiary/aromatic N) is 1. The van der Waals surface area contributed by atoms with Crippen molar-refractivity contribution in [1.29, 1.82) is 0 Å². The van der Waals surface area contributed by atoms with Crippen molar-refractivity contribution in [3.05, 3.63) is 35.9 Å². The number of para-hydroxylation sites is 1. The van der Waals surface area contributed by atoms with Gasteiger partial charge in [-0.15, -0.1) is 0 Å². The molecule has 0 bridgehead atoms. The Balaban J connectivity index is 1.72. The van der Waals surface area contributed by atoms with Crippen LogP contribution in [0.3, 0.4) is 0 Å². The van der Waals surface area contributed by atoms with Crippen LogP contribution in [0, 0.1) is 0 Å². The lowest BCUT2D eigenvalue weighted by Crippen LogP contribution is -2.50. The molecule has 128 valence electrons. The van der Waals surface area contributed by atoms with Crippen molar-refractivity contribution in [3.8, 4) is 5.75 Å². The molecule has 0 amide bonds. The van der Waals surface area contributed by atoms with E-state index in [1.165, 1.54) is 0 Å². The molecule has 5 nitrogen and oxygen atoms in total. The molecule has 0 spiro atoms. The Hall–Kier alpha value is -1.40. The fourth-order valence-corrected chi connectivity index (χ4v) is 2.71. The van der Waals surface area contributed by atoms with Gasteiger partial charge in [0, 0.05) is 38.3 Å². The fourth-order valence-electron chi connectivity index (χ4n) is 2.71. The molecule has 5 heteroatoms. The van der Waals surface area contributed by atoms with Gasteiger partial charge in [-0.25, -0.2) is 0 Å². The number of benzene rings is 1. The highest BCUT2D eigenvalue weighted by Crippen LogP contribution is 2.18. The molecule has 0 aromatic heterocycles. The molecule has 23 heavy (non-hydrogen) atoms. The van der Waals surface area contributed by atoms with Gasteiger partial charge in [0.05, 0.1) is 25.9 Å². The van der Waals surface area contributed by atoms with Crippen LogP contribution in [0.5, 0.6) is 5.75 Å². The summed E-state index contributed by atoms with van der Waals surface area (Å²) >= 11 is 0. The van der Waals surface area contributed by atoms with Crippen molar-refractivity contribution >= 4 is 6.08 Å². The number of nitrogens with one attached hydrogen (secondary N) is 1. The number of hydrogen-bond donors (Lipinski definition) is 2. The molecule has 1 heterocycles. The Kier molecular flexibility index (Phi) is 7.05. The molecule has 1 aliphatic rings. The smallest absolute Gasteiger partial charge is 0.126 e. The summed E-state index contributed by atoms with van der Waals surface area (Å²) in [4.78, 5) is 2.25. The molecular formula is C18H28N2O3. The SMILES string of the molecule is COc1ccccc1C=CCNCC(C)(O)CN1CCOCC1. The van der Waals surface area contributed by atoms with Gasteiger partial charge >= 0.3 is 0 Å². The zero-order valence-electron chi connectivity index (χ0n) is 14.1. The van der Waals surface area contributed by atoms with E-state index in [-0.39, 0.29) is 0 Å². The molecule has 1 fully saturated rings. The molecule has 1 saturated heterocycles. The third-order valence-electron chi connectivity index (χ3n) is 3.87. The third-order valence-corrected chi connectivity index (χ3v) is 3.87. The van der Waals surface area contributed by atoms with Crippen molar-refractivity contribution in [3.63, 3.8) is 0 Å². The molecule has 1 aromatic carbocycles. The van der Waals surface area contributed by atoms with Crippen LogP contribution in [0.15, 0.2) is 30.3 Å². The lowest BCUT2D eigenvalue weighted by Gasteiger charge is -2.33. The zero-order chi connectivity index (χ0) is 16.5. The van der Waals surface area contributed by atoms with Gasteiger partial charge in [0.25, 0.3) is 0 Å². The van der Waals surface area contributed by atoms with E-state index >= 15 is 0 Å². The van der Waals surface area contributed by atoms with Crippen LogP contribution in [0.2, 0.25) is 0 Å².